The van der Waals surface area contributed by atoms with Crippen molar-refractivity contribution in [2.75, 3.05) is 26.3 Å². The zero-order chi connectivity index (χ0) is 19.5. The van der Waals surface area contributed by atoms with Crippen LogP contribution in [0, 0.1) is 11.8 Å². The molecule has 1 unspecified atom stereocenters. The standard InChI is InChI=1S/C21H19N3O3S/c22-21(25)19-20(28(26)24-10-12-27-13-11-24)17-14-16(8-9-18(17)23-19)7-6-15-4-2-1-3-5-15/h1-5,8-9,14,23H,10-13H2,(H2,22,25). The largest absolute Gasteiger partial charge is 0.379 e. The minimum Gasteiger partial charge on any atom is -0.379 e. The molecular weight excluding hydrogens is 374 g/mol. The molecule has 0 saturated carbocycles. The number of morpholine rings is 1. The Kier molecular flexibility index (Phi) is 5.26. The molecule has 1 aliphatic rings. The van der Waals surface area contributed by atoms with Crippen molar-refractivity contribution >= 4 is 27.8 Å². The maximum atomic E-state index is 13.2. The van der Waals surface area contributed by atoms with Crippen LogP contribution in [0.15, 0.2) is 53.4 Å². The van der Waals surface area contributed by atoms with E-state index in [0.717, 1.165) is 11.1 Å². The molecule has 0 aliphatic carbocycles. The molecule has 2 aromatic carbocycles. The summed E-state index contributed by atoms with van der Waals surface area (Å²) in [4.78, 5) is 15.4. The van der Waals surface area contributed by atoms with Crippen molar-refractivity contribution < 1.29 is 13.7 Å². The van der Waals surface area contributed by atoms with Crippen molar-refractivity contribution in [2.45, 2.75) is 4.90 Å². The number of hydrogen-bond donors (Lipinski definition) is 2. The number of nitrogens with two attached hydrogens (primary N) is 1. The Balaban J connectivity index is 1.78. The van der Waals surface area contributed by atoms with Gasteiger partial charge in [-0.05, 0) is 30.3 Å². The number of nitrogens with one attached hydrogen (secondary N) is 1. The first-order valence-electron chi connectivity index (χ1n) is 8.90. The Morgan fingerprint density at radius 1 is 1.07 bits per heavy atom. The fourth-order valence-electron chi connectivity index (χ4n) is 3.11. The van der Waals surface area contributed by atoms with Crippen LogP contribution in [0.5, 0.6) is 0 Å². The number of aromatic amines is 1. The Morgan fingerprint density at radius 2 is 1.79 bits per heavy atom. The van der Waals surface area contributed by atoms with Gasteiger partial charge in [-0.3, -0.25) is 4.79 Å². The van der Waals surface area contributed by atoms with Crippen molar-refractivity contribution in [1.82, 2.24) is 9.29 Å². The van der Waals surface area contributed by atoms with Gasteiger partial charge in [-0.1, -0.05) is 30.0 Å². The van der Waals surface area contributed by atoms with Gasteiger partial charge in [0.25, 0.3) is 5.91 Å². The SMILES string of the molecule is NC(=O)c1[nH]c2ccc(C#Cc3ccccc3)cc2c1S(=O)N1CCOCC1. The Bertz CT molecular complexity index is 1110. The predicted octanol–water partition coefficient (Wildman–Crippen LogP) is 2.02. The molecule has 0 radical (unpaired) electrons. The molecule has 3 N–H and O–H groups in total. The van der Waals surface area contributed by atoms with E-state index in [1.807, 2.05) is 48.5 Å². The number of ether oxygens (including phenoxy) is 1. The Hall–Kier alpha value is -2.92. The highest BCUT2D eigenvalue weighted by Gasteiger charge is 2.26. The molecule has 1 atom stereocenters. The van der Waals surface area contributed by atoms with E-state index in [9.17, 15) is 9.00 Å². The number of carbonyl (C=O) groups is 1. The van der Waals surface area contributed by atoms with Gasteiger partial charge in [0, 0.05) is 35.1 Å². The number of fused-ring (bicyclic) bond motifs is 1. The molecule has 1 saturated heterocycles. The van der Waals surface area contributed by atoms with Crippen LogP contribution in [0.25, 0.3) is 10.9 Å². The first-order valence-corrected chi connectivity index (χ1v) is 10.0. The number of nitrogens with zero attached hydrogens (tertiary/aromatic N) is 1. The molecule has 1 amide bonds. The topological polar surface area (TPSA) is 88.4 Å². The second-order valence-electron chi connectivity index (χ2n) is 6.36. The van der Waals surface area contributed by atoms with Crippen molar-refractivity contribution in [3.8, 4) is 11.8 Å². The van der Waals surface area contributed by atoms with E-state index < -0.39 is 16.9 Å². The third kappa shape index (κ3) is 3.71. The molecule has 2 heterocycles. The lowest BCUT2D eigenvalue weighted by atomic mass is 10.1. The van der Waals surface area contributed by atoms with Crippen LogP contribution in [-0.2, 0) is 15.7 Å². The molecule has 0 bridgehead atoms. The number of hydrogen-bond acceptors (Lipinski definition) is 3. The number of primary amides is 1. The van der Waals surface area contributed by atoms with E-state index in [-0.39, 0.29) is 5.69 Å². The number of amides is 1. The average molecular weight is 393 g/mol. The lowest BCUT2D eigenvalue weighted by molar-refractivity contribution is 0.0752. The van der Waals surface area contributed by atoms with Gasteiger partial charge in [-0.15, -0.1) is 0 Å². The molecule has 1 fully saturated rings. The highest BCUT2D eigenvalue weighted by atomic mass is 32.2. The molecule has 0 spiro atoms. The van der Waals surface area contributed by atoms with Crippen LogP contribution in [0.1, 0.15) is 21.6 Å². The summed E-state index contributed by atoms with van der Waals surface area (Å²) in [6.07, 6.45) is 0. The number of benzene rings is 2. The summed E-state index contributed by atoms with van der Waals surface area (Å²) in [6.45, 7) is 2.08. The first kappa shape index (κ1) is 18.4. The van der Waals surface area contributed by atoms with Crippen molar-refractivity contribution in [2.24, 2.45) is 5.73 Å². The van der Waals surface area contributed by atoms with Crippen LogP contribution in [0.3, 0.4) is 0 Å². The van der Waals surface area contributed by atoms with E-state index in [2.05, 4.69) is 16.8 Å². The average Bonchev–Trinajstić information content (AvgIpc) is 3.12. The summed E-state index contributed by atoms with van der Waals surface area (Å²) in [5, 5.41) is 0.693. The van der Waals surface area contributed by atoms with Gasteiger partial charge in [0.1, 0.15) is 16.7 Å². The molecule has 7 heteroatoms. The minimum absolute atomic E-state index is 0.174. The normalized spacial score (nSPS) is 15.7. The molecule has 1 aliphatic heterocycles. The molecule has 3 aromatic rings. The fourth-order valence-corrected chi connectivity index (χ4v) is 4.53. The maximum absolute atomic E-state index is 13.2. The Labute approximate surface area is 165 Å². The Morgan fingerprint density at radius 3 is 2.50 bits per heavy atom. The monoisotopic (exact) mass is 393 g/mol. The summed E-state index contributed by atoms with van der Waals surface area (Å²) < 4.78 is 20.3. The van der Waals surface area contributed by atoms with Gasteiger partial charge in [0.05, 0.1) is 18.1 Å². The summed E-state index contributed by atoms with van der Waals surface area (Å²) in [5.41, 5.74) is 8.10. The van der Waals surface area contributed by atoms with Gasteiger partial charge in [-0.2, -0.15) is 0 Å². The van der Waals surface area contributed by atoms with E-state index in [1.165, 1.54) is 0 Å². The third-order valence-corrected chi connectivity index (χ3v) is 6.11. The fraction of sp³-hybridized carbons (Fsp3) is 0.190. The van der Waals surface area contributed by atoms with E-state index in [0.29, 0.717) is 42.1 Å². The van der Waals surface area contributed by atoms with Gasteiger partial charge in [0.2, 0.25) is 0 Å². The highest BCUT2D eigenvalue weighted by molar-refractivity contribution is 7.83. The zero-order valence-corrected chi connectivity index (χ0v) is 15.9. The van der Waals surface area contributed by atoms with Gasteiger partial charge >= 0.3 is 0 Å². The molecule has 1 aromatic heterocycles. The summed E-state index contributed by atoms with van der Waals surface area (Å²) in [7, 11) is -1.52. The third-order valence-electron chi connectivity index (χ3n) is 4.50. The second kappa shape index (κ2) is 7.98. The van der Waals surface area contributed by atoms with Crippen LogP contribution in [0.4, 0.5) is 0 Å². The van der Waals surface area contributed by atoms with Crippen molar-refractivity contribution in [1.29, 1.82) is 0 Å². The van der Waals surface area contributed by atoms with Crippen LogP contribution in [0.2, 0.25) is 0 Å². The quantitative estimate of drug-likeness (QED) is 0.668. The maximum Gasteiger partial charge on any atom is 0.266 e. The van der Waals surface area contributed by atoms with E-state index in [1.54, 1.807) is 4.31 Å². The predicted molar refractivity (Wildman–Crippen MR) is 108 cm³/mol. The molecule has 6 nitrogen and oxygen atoms in total. The van der Waals surface area contributed by atoms with Crippen LogP contribution >= 0.6 is 0 Å². The zero-order valence-electron chi connectivity index (χ0n) is 15.1. The molecule has 28 heavy (non-hydrogen) atoms. The van der Waals surface area contributed by atoms with Gasteiger partial charge in [0.15, 0.2) is 0 Å². The highest BCUT2D eigenvalue weighted by Crippen LogP contribution is 2.28. The summed E-state index contributed by atoms with van der Waals surface area (Å²) in [5.74, 6) is 5.60. The van der Waals surface area contributed by atoms with Crippen LogP contribution < -0.4 is 5.73 Å². The number of carbonyl (C=O) groups excluding carboxylic acids is 1. The van der Waals surface area contributed by atoms with Crippen molar-refractivity contribution in [3.63, 3.8) is 0 Å². The molecule has 142 valence electrons. The van der Waals surface area contributed by atoms with E-state index in [4.69, 9.17) is 10.5 Å². The first-order chi connectivity index (χ1) is 13.6. The minimum atomic E-state index is -1.52. The van der Waals surface area contributed by atoms with Crippen LogP contribution in [-0.4, -0.2) is 45.7 Å². The smallest absolute Gasteiger partial charge is 0.266 e. The lowest BCUT2D eigenvalue weighted by Crippen LogP contribution is -2.38. The lowest BCUT2D eigenvalue weighted by Gasteiger charge is -2.25. The molecule has 4 rings (SSSR count). The summed E-state index contributed by atoms with van der Waals surface area (Å²) in [6, 6.07) is 15.2. The number of H-pyrrole nitrogens is 1. The van der Waals surface area contributed by atoms with Gasteiger partial charge in [-0.25, -0.2) is 8.51 Å². The van der Waals surface area contributed by atoms with Gasteiger partial charge < -0.3 is 15.5 Å². The van der Waals surface area contributed by atoms with E-state index >= 15 is 0 Å². The number of aromatic nitrogens is 1. The summed E-state index contributed by atoms with van der Waals surface area (Å²) >= 11 is 0. The number of rotatable bonds is 3. The second-order valence-corrected chi connectivity index (χ2v) is 7.78. The molecular formula is C21H19N3O3S. The van der Waals surface area contributed by atoms with Crippen molar-refractivity contribution in [3.05, 3.63) is 65.4 Å².